The molecule has 0 unspecified atom stereocenters. The van der Waals surface area contributed by atoms with Crippen LogP contribution in [-0.4, -0.2) is 34.1 Å². The number of carbonyl (C=O) groups is 1. The molecule has 1 aliphatic heterocycles. The van der Waals surface area contributed by atoms with Gasteiger partial charge in [-0.25, -0.2) is 0 Å². The molecule has 2 heterocycles. The van der Waals surface area contributed by atoms with Crippen molar-refractivity contribution in [1.29, 1.82) is 0 Å². The second kappa shape index (κ2) is 4.15. The van der Waals surface area contributed by atoms with E-state index >= 15 is 0 Å². The fraction of sp³-hybridized carbons (Fsp3) is 0.636. The summed E-state index contributed by atoms with van der Waals surface area (Å²) in [5, 5.41) is 6.90. The van der Waals surface area contributed by atoms with Crippen molar-refractivity contribution in [2.45, 2.75) is 32.6 Å². The van der Waals surface area contributed by atoms with Gasteiger partial charge in [-0.15, -0.1) is 0 Å². The average Bonchev–Trinajstić information content (AvgIpc) is 2.84. The minimum atomic E-state index is -0.0434. The van der Waals surface area contributed by atoms with Crippen LogP contribution in [0.15, 0.2) is 0 Å². The van der Waals surface area contributed by atoms with Gasteiger partial charge in [-0.05, 0) is 18.8 Å². The van der Waals surface area contributed by atoms with Gasteiger partial charge in [-0.3, -0.25) is 9.89 Å². The van der Waals surface area contributed by atoms with Crippen LogP contribution in [-0.2, 0) is 0 Å². The highest BCUT2D eigenvalue weighted by Gasteiger charge is 2.25. The Balaban J connectivity index is 2.23. The molecule has 3 N–H and O–H groups in total. The third kappa shape index (κ3) is 1.77. The molecule has 1 aromatic heterocycles. The molecular formula is C11H18N4O. The van der Waals surface area contributed by atoms with E-state index in [9.17, 15) is 4.79 Å². The van der Waals surface area contributed by atoms with Gasteiger partial charge in [0, 0.05) is 13.1 Å². The molecule has 0 aromatic carbocycles. The largest absolute Gasteiger partial charge is 0.395 e. The second-order valence-corrected chi connectivity index (χ2v) is 4.55. The predicted molar refractivity (Wildman–Crippen MR) is 62.2 cm³/mol. The Hall–Kier alpha value is -1.52. The van der Waals surface area contributed by atoms with Crippen molar-refractivity contribution in [1.82, 2.24) is 15.1 Å². The molecule has 0 radical (unpaired) electrons. The van der Waals surface area contributed by atoms with E-state index < -0.39 is 0 Å². The normalized spacial score (nSPS) is 16.1. The molecule has 1 amide bonds. The Labute approximate surface area is 95.0 Å². The van der Waals surface area contributed by atoms with E-state index in [2.05, 4.69) is 10.2 Å². The number of nitrogens with two attached hydrogens (primary N) is 1. The molecule has 1 aliphatic rings. The lowest BCUT2D eigenvalue weighted by molar-refractivity contribution is 0.0788. The highest BCUT2D eigenvalue weighted by atomic mass is 16.2. The summed E-state index contributed by atoms with van der Waals surface area (Å²) in [6.45, 7) is 5.69. The van der Waals surface area contributed by atoms with E-state index in [-0.39, 0.29) is 11.8 Å². The van der Waals surface area contributed by atoms with E-state index in [0.29, 0.717) is 11.4 Å². The molecule has 1 aromatic rings. The molecular weight excluding hydrogens is 204 g/mol. The number of hydrogen-bond donors (Lipinski definition) is 2. The molecule has 2 rings (SSSR count). The number of H-pyrrole nitrogens is 1. The lowest BCUT2D eigenvalue weighted by atomic mass is 10.1. The van der Waals surface area contributed by atoms with Gasteiger partial charge in [0.2, 0.25) is 0 Å². The van der Waals surface area contributed by atoms with E-state index in [0.717, 1.165) is 31.6 Å². The summed E-state index contributed by atoms with van der Waals surface area (Å²) in [6, 6.07) is 0. The van der Waals surface area contributed by atoms with Gasteiger partial charge in [0.15, 0.2) is 5.69 Å². The standard InChI is InChI=1S/C11H18N4O/c1-7(2)9-8(12)10(14-13-9)11(16)15-5-3-4-6-15/h7H,3-6,12H2,1-2H3,(H,13,14). The Morgan fingerprint density at radius 1 is 1.44 bits per heavy atom. The Kier molecular flexibility index (Phi) is 2.85. The molecule has 1 fully saturated rings. The van der Waals surface area contributed by atoms with Crippen LogP contribution in [0.3, 0.4) is 0 Å². The van der Waals surface area contributed by atoms with Crippen LogP contribution in [0.25, 0.3) is 0 Å². The minimum Gasteiger partial charge on any atom is -0.395 e. The van der Waals surface area contributed by atoms with E-state index in [1.807, 2.05) is 18.7 Å². The number of carbonyl (C=O) groups excluding carboxylic acids is 1. The highest BCUT2D eigenvalue weighted by molar-refractivity contribution is 5.97. The second-order valence-electron chi connectivity index (χ2n) is 4.55. The number of amides is 1. The van der Waals surface area contributed by atoms with E-state index in [4.69, 9.17) is 5.73 Å². The monoisotopic (exact) mass is 222 g/mol. The van der Waals surface area contributed by atoms with Gasteiger partial charge in [0.05, 0.1) is 11.4 Å². The maximum atomic E-state index is 12.1. The first-order valence-electron chi connectivity index (χ1n) is 5.74. The Bertz CT molecular complexity index is 391. The zero-order valence-corrected chi connectivity index (χ0v) is 9.79. The van der Waals surface area contributed by atoms with Gasteiger partial charge in [0.1, 0.15) is 0 Å². The number of likely N-dealkylation sites (tertiary alicyclic amines) is 1. The molecule has 0 spiro atoms. The molecule has 1 saturated heterocycles. The minimum absolute atomic E-state index is 0.0434. The van der Waals surface area contributed by atoms with Gasteiger partial charge >= 0.3 is 0 Å². The van der Waals surface area contributed by atoms with Crippen LogP contribution in [0.1, 0.15) is 48.8 Å². The van der Waals surface area contributed by atoms with Crippen LogP contribution in [0, 0.1) is 0 Å². The fourth-order valence-electron chi connectivity index (χ4n) is 2.04. The summed E-state index contributed by atoms with van der Waals surface area (Å²) in [6.07, 6.45) is 2.15. The lowest BCUT2D eigenvalue weighted by Gasteiger charge is -2.13. The number of anilines is 1. The fourth-order valence-corrected chi connectivity index (χ4v) is 2.04. The summed E-state index contributed by atoms with van der Waals surface area (Å²) in [5.74, 6) is 0.214. The third-order valence-corrected chi connectivity index (χ3v) is 3.01. The maximum Gasteiger partial charge on any atom is 0.276 e. The third-order valence-electron chi connectivity index (χ3n) is 3.01. The topological polar surface area (TPSA) is 75.0 Å². The van der Waals surface area contributed by atoms with Crippen molar-refractivity contribution in [3.05, 3.63) is 11.4 Å². The van der Waals surface area contributed by atoms with Crippen molar-refractivity contribution in [3.8, 4) is 0 Å². The summed E-state index contributed by atoms with van der Waals surface area (Å²) < 4.78 is 0. The first-order chi connectivity index (χ1) is 7.61. The average molecular weight is 222 g/mol. The molecule has 0 atom stereocenters. The number of nitrogens with one attached hydrogen (secondary N) is 1. The molecule has 0 saturated carbocycles. The summed E-state index contributed by atoms with van der Waals surface area (Å²) in [5.41, 5.74) is 7.67. The summed E-state index contributed by atoms with van der Waals surface area (Å²) in [4.78, 5) is 13.9. The number of aromatic nitrogens is 2. The molecule has 5 nitrogen and oxygen atoms in total. The first kappa shape index (κ1) is 11.0. The molecule has 88 valence electrons. The van der Waals surface area contributed by atoms with Gasteiger partial charge in [-0.2, -0.15) is 5.10 Å². The van der Waals surface area contributed by atoms with Gasteiger partial charge in [-0.1, -0.05) is 13.8 Å². The van der Waals surface area contributed by atoms with Crippen LogP contribution in [0.2, 0.25) is 0 Å². The van der Waals surface area contributed by atoms with Gasteiger partial charge in [0.25, 0.3) is 5.91 Å². The van der Waals surface area contributed by atoms with Crippen molar-refractivity contribution < 1.29 is 4.79 Å². The maximum absolute atomic E-state index is 12.1. The van der Waals surface area contributed by atoms with Crippen molar-refractivity contribution in [3.63, 3.8) is 0 Å². The molecule has 16 heavy (non-hydrogen) atoms. The van der Waals surface area contributed by atoms with E-state index in [1.54, 1.807) is 0 Å². The smallest absolute Gasteiger partial charge is 0.276 e. The number of rotatable bonds is 2. The van der Waals surface area contributed by atoms with Crippen LogP contribution >= 0.6 is 0 Å². The SMILES string of the molecule is CC(C)c1[nH]nc(C(=O)N2CCCC2)c1N. The van der Waals surface area contributed by atoms with E-state index in [1.165, 1.54) is 0 Å². The molecule has 0 aliphatic carbocycles. The lowest BCUT2D eigenvalue weighted by Crippen LogP contribution is -2.28. The number of hydrogen-bond acceptors (Lipinski definition) is 3. The summed E-state index contributed by atoms with van der Waals surface area (Å²) in [7, 11) is 0. The quantitative estimate of drug-likeness (QED) is 0.793. The first-order valence-corrected chi connectivity index (χ1v) is 5.74. The summed E-state index contributed by atoms with van der Waals surface area (Å²) >= 11 is 0. The van der Waals surface area contributed by atoms with Crippen molar-refractivity contribution in [2.75, 3.05) is 18.8 Å². The molecule has 5 heteroatoms. The number of aromatic amines is 1. The van der Waals surface area contributed by atoms with Crippen molar-refractivity contribution >= 4 is 11.6 Å². The Morgan fingerprint density at radius 2 is 2.06 bits per heavy atom. The zero-order chi connectivity index (χ0) is 11.7. The predicted octanol–water partition coefficient (Wildman–Crippen LogP) is 1.35. The van der Waals surface area contributed by atoms with Crippen LogP contribution in [0.5, 0.6) is 0 Å². The Morgan fingerprint density at radius 3 is 2.56 bits per heavy atom. The number of nitrogens with zero attached hydrogens (tertiary/aromatic N) is 2. The molecule has 0 bridgehead atoms. The van der Waals surface area contributed by atoms with Crippen LogP contribution < -0.4 is 5.73 Å². The van der Waals surface area contributed by atoms with Crippen molar-refractivity contribution in [2.24, 2.45) is 0 Å². The number of nitrogen functional groups attached to an aromatic ring is 1. The zero-order valence-electron chi connectivity index (χ0n) is 9.79. The van der Waals surface area contributed by atoms with Crippen LogP contribution in [0.4, 0.5) is 5.69 Å². The van der Waals surface area contributed by atoms with Gasteiger partial charge < -0.3 is 10.6 Å². The highest BCUT2D eigenvalue weighted by Crippen LogP contribution is 2.24.